The number of carbonyl (C=O) groups excluding carboxylic acids is 1. The largest absolute Gasteiger partial charge is 0.388 e. The Bertz CT molecular complexity index is 367. The zero-order valence-electron chi connectivity index (χ0n) is 9.65. The van der Waals surface area contributed by atoms with Crippen molar-refractivity contribution in [3.05, 3.63) is 35.4 Å². The molecule has 0 aromatic heterocycles. The first-order valence-electron chi connectivity index (χ1n) is 5.96. The molecule has 0 amide bonds. The summed E-state index contributed by atoms with van der Waals surface area (Å²) in [6.07, 6.45) is 2.88. The Kier molecular flexibility index (Phi) is 3.39. The minimum Gasteiger partial charge on any atom is -0.388 e. The minimum atomic E-state index is -0.617. The van der Waals surface area contributed by atoms with Crippen LogP contribution in [0.5, 0.6) is 0 Å². The van der Waals surface area contributed by atoms with E-state index in [2.05, 4.69) is 0 Å². The third kappa shape index (κ3) is 2.33. The number of Topliss-reactive ketones (excluding diaryl/α,β-unsaturated/α-hetero) is 1. The van der Waals surface area contributed by atoms with Crippen molar-refractivity contribution >= 4 is 5.78 Å². The number of hydrogen-bond donors (Lipinski definition) is 1. The molecule has 2 nitrogen and oxygen atoms in total. The Morgan fingerprint density at radius 3 is 2.56 bits per heavy atom. The first kappa shape index (κ1) is 11.3. The summed E-state index contributed by atoms with van der Waals surface area (Å²) in [6, 6.07) is 7.79. The quantitative estimate of drug-likeness (QED) is 0.828. The molecule has 0 radical (unpaired) electrons. The number of aliphatic hydroxyl groups excluding tert-OH is 1. The Balaban J connectivity index is 2.14. The van der Waals surface area contributed by atoms with Crippen LogP contribution < -0.4 is 0 Å². The summed E-state index contributed by atoms with van der Waals surface area (Å²) in [5.41, 5.74) is 2.04. The van der Waals surface area contributed by atoms with E-state index in [1.165, 1.54) is 5.56 Å². The second-order valence-electron chi connectivity index (χ2n) is 4.67. The van der Waals surface area contributed by atoms with E-state index in [9.17, 15) is 9.90 Å². The summed E-state index contributed by atoms with van der Waals surface area (Å²) in [5, 5.41) is 10.2. The van der Waals surface area contributed by atoms with Crippen molar-refractivity contribution in [2.45, 2.75) is 38.7 Å². The molecule has 2 rings (SSSR count). The summed E-state index contributed by atoms with van der Waals surface area (Å²) in [4.78, 5) is 11.7. The molecule has 1 aromatic rings. The summed E-state index contributed by atoms with van der Waals surface area (Å²) in [7, 11) is 0. The fourth-order valence-electron chi connectivity index (χ4n) is 2.34. The predicted molar refractivity (Wildman–Crippen MR) is 63.1 cm³/mol. The van der Waals surface area contributed by atoms with Crippen molar-refractivity contribution in [2.24, 2.45) is 5.92 Å². The molecular formula is C14H18O2. The average molecular weight is 218 g/mol. The second kappa shape index (κ2) is 4.79. The smallest absolute Gasteiger partial charge is 0.138 e. The van der Waals surface area contributed by atoms with Crippen LogP contribution in [0.25, 0.3) is 0 Å². The molecule has 0 aliphatic heterocycles. The Morgan fingerprint density at radius 1 is 1.25 bits per heavy atom. The Labute approximate surface area is 96.3 Å². The summed E-state index contributed by atoms with van der Waals surface area (Å²) < 4.78 is 0. The van der Waals surface area contributed by atoms with E-state index >= 15 is 0 Å². The zero-order chi connectivity index (χ0) is 11.5. The SMILES string of the molecule is Cc1ccc([C@H](O)[C@@H]2CCCCC2=O)cc1. The molecular weight excluding hydrogens is 200 g/mol. The Hall–Kier alpha value is -1.15. The van der Waals surface area contributed by atoms with Gasteiger partial charge in [-0.2, -0.15) is 0 Å². The van der Waals surface area contributed by atoms with Crippen LogP contribution in [-0.4, -0.2) is 10.9 Å². The van der Waals surface area contributed by atoms with Gasteiger partial charge in [-0.05, 0) is 25.3 Å². The lowest BCUT2D eigenvalue weighted by Crippen LogP contribution is -2.25. The maximum absolute atomic E-state index is 11.7. The van der Waals surface area contributed by atoms with Gasteiger partial charge in [0.15, 0.2) is 0 Å². The number of benzene rings is 1. The van der Waals surface area contributed by atoms with Gasteiger partial charge in [-0.25, -0.2) is 0 Å². The lowest BCUT2D eigenvalue weighted by Gasteiger charge is -2.25. The minimum absolute atomic E-state index is 0.184. The van der Waals surface area contributed by atoms with E-state index in [1.54, 1.807) is 0 Å². The van der Waals surface area contributed by atoms with Crippen molar-refractivity contribution in [1.29, 1.82) is 0 Å². The number of carbonyl (C=O) groups is 1. The van der Waals surface area contributed by atoms with Crippen LogP contribution in [0.15, 0.2) is 24.3 Å². The number of aliphatic hydroxyl groups is 1. The van der Waals surface area contributed by atoms with Gasteiger partial charge in [0.1, 0.15) is 5.78 Å². The van der Waals surface area contributed by atoms with E-state index in [4.69, 9.17) is 0 Å². The fraction of sp³-hybridized carbons (Fsp3) is 0.500. The van der Waals surface area contributed by atoms with Gasteiger partial charge in [0.05, 0.1) is 6.10 Å². The fourth-order valence-corrected chi connectivity index (χ4v) is 2.34. The first-order valence-corrected chi connectivity index (χ1v) is 5.96. The molecule has 1 fully saturated rings. The molecule has 2 heteroatoms. The standard InChI is InChI=1S/C14H18O2/c1-10-6-8-11(9-7-10)14(16)12-4-2-3-5-13(12)15/h6-9,12,14,16H,2-5H2,1H3/t12-,14+/m1/s1. The average Bonchev–Trinajstić information content (AvgIpc) is 2.30. The zero-order valence-corrected chi connectivity index (χ0v) is 9.65. The van der Waals surface area contributed by atoms with Gasteiger partial charge < -0.3 is 5.11 Å². The maximum Gasteiger partial charge on any atom is 0.138 e. The van der Waals surface area contributed by atoms with Crippen LogP contribution in [0.4, 0.5) is 0 Å². The predicted octanol–water partition coefficient (Wildman–Crippen LogP) is 2.79. The molecule has 16 heavy (non-hydrogen) atoms. The van der Waals surface area contributed by atoms with Crippen molar-refractivity contribution in [3.63, 3.8) is 0 Å². The van der Waals surface area contributed by atoms with Gasteiger partial charge in [-0.15, -0.1) is 0 Å². The molecule has 0 heterocycles. The van der Waals surface area contributed by atoms with Crippen LogP contribution in [0.2, 0.25) is 0 Å². The van der Waals surface area contributed by atoms with Gasteiger partial charge in [-0.1, -0.05) is 36.2 Å². The lowest BCUT2D eigenvalue weighted by atomic mass is 9.81. The van der Waals surface area contributed by atoms with Crippen molar-refractivity contribution < 1.29 is 9.90 Å². The lowest BCUT2D eigenvalue weighted by molar-refractivity contribution is -0.128. The molecule has 86 valence electrons. The van der Waals surface area contributed by atoms with Crippen LogP contribution in [0, 0.1) is 12.8 Å². The molecule has 1 saturated carbocycles. The van der Waals surface area contributed by atoms with Crippen molar-refractivity contribution in [2.75, 3.05) is 0 Å². The van der Waals surface area contributed by atoms with Crippen LogP contribution in [-0.2, 0) is 4.79 Å². The van der Waals surface area contributed by atoms with E-state index < -0.39 is 6.10 Å². The highest BCUT2D eigenvalue weighted by Gasteiger charge is 2.29. The van der Waals surface area contributed by atoms with E-state index in [0.717, 1.165) is 24.8 Å². The monoisotopic (exact) mass is 218 g/mol. The second-order valence-corrected chi connectivity index (χ2v) is 4.67. The molecule has 0 unspecified atom stereocenters. The Morgan fingerprint density at radius 2 is 1.94 bits per heavy atom. The third-order valence-corrected chi connectivity index (χ3v) is 3.40. The molecule has 1 aromatic carbocycles. The number of aryl methyl sites for hydroxylation is 1. The van der Waals surface area contributed by atoms with Crippen LogP contribution in [0.3, 0.4) is 0 Å². The molecule has 1 N–H and O–H groups in total. The highest BCUT2D eigenvalue weighted by molar-refractivity contribution is 5.82. The highest BCUT2D eigenvalue weighted by Crippen LogP contribution is 2.32. The molecule has 0 bridgehead atoms. The van der Waals surface area contributed by atoms with Gasteiger partial charge in [0, 0.05) is 12.3 Å². The normalized spacial score (nSPS) is 23.1. The van der Waals surface area contributed by atoms with E-state index in [1.807, 2.05) is 31.2 Å². The van der Waals surface area contributed by atoms with Gasteiger partial charge in [-0.3, -0.25) is 4.79 Å². The van der Waals surface area contributed by atoms with Gasteiger partial charge >= 0.3 is 0 Å². The van der Waals surface area contributed by atoms with E-state index in [0.29, 0.717) is 6.42 Å². The van der Waals surface area contributed by atoms with Crippen molar-refractivity contribution in [3.8, 4) is 0 Å². The molecule has 0 saturated heterocycles. The highest BCUT2D eigenvalue weighted by atomic mass is 16.3. The molecule has 0 spiro atoms. The van der Waals surface area contributed by atoms with Gasteiger partial charge in [0.2, 0.25) is 0 Å². The van der Waals surface area contributed by atoms with Crippen LogP contribution >= 0.6 is 0 Å². The first-order chi connectivity index (χ1) is 7.68. The third-order valence-electron chi connectivity index (χ3n) is 3.40. The number of rotatable bonds is 2. The molecule has 2 atom stereocenters. The van der Waals surface area contributed by atoms with Gasteiger partial charge in [0.25, 0.3) is 0 Å². The van der Waals surface area contributed by atoms with Crippen LogP contribution in [0.1, 0.15) is 42.9 Å². The summed E-state index contributed by atoms with van der Waals surface area (Å²) >= 11 is 0. The number of ketones is 1. The summed E-state index contributed by atoms with van der Waals surface area (Å²) in [5.74, 6) is 0.0378. The topological polar surface area (TPSA) is 37.3 Å². The van der Waals surface area contributed by atoms with E-state index in [-0.39, 0.29) is 11.7 Å². The maximum atomic E-state index is 11.7. The van der Waals surface area contributed by atoms with Crippen molar-refractivity contribution in [1.82, 2.24) is 0 Å². The summed E-state index contributed by atoms with van der Waals surface area (Å²) in [6.45, 7) is 2.02. The number of hydrogen-bond acceptors (Lipinski definition) is 2. The molecule has 1 aliphatic rings. The molecule has 1 aliphatic carbocycles.